The number of aliphatic hydroxyl groups is 1. The molecule has 1 aromatic heterocycles. The van der Waals surface area contributed by atoms with E-state index in [4.69, 9.17) is 5.11 Å². The van der Waals surface area contributed by atoms with Gasteiger partial charge in [0, 0.05) is 18.5 Å². The van der Waals surface area contributed by atoms with Gasteiger partial charge in [0.2, 0.25) is 5.91 Å². The highest BCUT2D eigenvalue weighted by Gasteiger charge is 2.42. The van der Waals surface area contributed by atoms with Crippen molar-refractivity contribution in [3.63, 3.8) is 0 Å². The topological polar surface area (TPSA) is 62.2 Å². The molecule has 4 heteroatoms. The molecule has 0 bridgehead atoms. The van der Waals surface area contributed by atoms with E-state index in [1.165, 1.54) is 6.08 Å². The van der Waals surface area contributed by atoms with Gasteiger partial charge in [0.25, 0.3) is 0 Å². The van der Waals surface area contributed by atoms with Crippen molar-refractivity contribution in [2.24, 2.45) is 0 Å². The SMILES string of the molecule is O=C(/C=C/c1cccnc1)NC1(CO)CC1. The Morgan fingerprint density at radius 3 is 3.00 bits per heavy atom. The van der Waals surface area contributed by atoms with Crippen molar-refractivity contribution in [1.29, 1.82) is 0 Å². The third-order valence-corrected chi connectivity index (χ3v) is 2.66. The van der Waals surface area contributed by atoms with Gasteiger partial charge >= 0.3 is 0 Å². The molecule has 4 nitrogen and oxygen atoms in total. The van der Waals surface area contributed by atoms with Gasteiger partial charge in [-0.25, -0.2) is 0 Å². The monoisotopic (exact) mass is 218 g/mol. The van der Waals surface area contributed by atoms with Gasteiger partial charge in [0.1, 0.15) is 0 Å². The summed E-state index contributed by atoms with van der Waals surface area (Å²) in [6.45, 7) is 0.0134. The molecule has 1 heterocycles. The Bertz CT molecular complexity index is 397. The van der Waals surface area contributed by atoms with Crippen molar-refractivity contribution < 1.29 is 9.90 Å². The molecule has 84 valence electrons. The number of pyridine rings is 1. The average Bonchev–Trinajstić information content (AvgIpc) is 3.08. The molecule has 1 fully saturated rings. The van der Waals surface area contributed by atoms with E-state index in [0.29, 0.717) is 0 Å². The predicted molar refractivity (Wildman–Crippen MR) is 60.5 cm³/mol. The Morgan fingerprint density at radius 1 is 1.62 bits per heavy atom. The van der Waals surface area contributed by atoms with Crippen LogP contribution in [0, 0.1) is 0 Å². The number of aromatic nitrogens is 1. The standard InChI is InChI=1S/C12H14N2O2/c15-9-12(5-6-12)14-11(16)4-3-10-2-1-7-13-8-10/h1-4,7-8,15H,5-6,9H2,(H,14,16)/b4-3+. The summed E-state index contributed by atoms with van der Waals surface area (Å²) in [5.41, 5.74) is 0.530. The second-order valence-electron chi connectivity index (χ2n) is 4.05. The Kier molecular flexibility index (Phi) is 3.01. The molecule has 0 aliphatic heterocycles. The van der Waals surface area contributed by atoms with Crippen LogP contribution in [0.1, 0.15) is 18.4 Å². The van der Waals surface area contributed by atoms with Gasteiger partial charge in [-0.1, -0.05) is 6.07 Å². The maximum atomic E-state index is 11.5. The molecular weight excluding hydrogens is 204 g/mol. The number of rotatable bonds is 4. The van der Waals surface area contributed by atoms with E-state index < -0.39 is 0 Å². The second-order valence-corrected chi connectivity index (χ2v) is 4.05. The summed E-state index contributed by atoms with van der Waals surface area (Å²) in [6.07, 6.45) is 8.25. The molecule has 2 rings (SSSR count). The van der Waals surface area contributed by atoms with Gasteiger partial charge < -0.3 is 10.4 Å². The van der Waals surface area contributed by atoms with Crippen molar-refractivity contribution in [2.45, 2.75) is 18.4 Å². The van der Waals surface area contributed by atoms with E-state index in [-0.39, 0.29) is 18.1 Å². The second kappa shape index (κ2) is 4.45. The maximum Gasteiger partial charge on any atom is 0.244 e. The van der Waals surface area contributed by atoms with Gasteiger partial charge in [-0.3, -0.25) is 9.78 Å². The zero-order valence-corrected chi connectivity index (χ0v) is 8.89. The molecule has 0 aromatic carbocycles. The van der Waals surface area contributed by atoms with Gasteiger partial charge in [-0.2, -0.15) is 0 Å². The number of carbonyl (C=O) groups is 1. The summed E-state index contributed by atoms with van der Waals surface area (Å²) in [5, 5.41) is 11.8. The van der Waals surface area contributed by atoms with Crippen LogP contribution < -0.4 is 5.32 Å². The fraction of sp³-hybridized carbons (Fsp3) is 0.333. The minimum absolute atomic E-state index is 0.0134. The highest BCUT2D eigenvalue weighted by molar-refractivity contribution is 5.92. The molecule has 0 unspecified atom stereocenters. The van der Waals surface area contributed by atoms with Gasteiger partial charge in [-0.15, -0.1) is 0 Å². The largest absolute Gasteiger partial charge is 0.394 e. The smallest absolute Gasteiger partial charge is 0.244 e. The summed E-state index contributed by atoms with van der Waals surface area (Å²) in [5.74, 6) is -0.171. The van der Waals surface area contributed by atoms with E-state index >= 15 is 0 Å². The first-order chi connectivity index (χ1) is 7.74. The van der Waals surface area contributed by atoms with Crippen LogP contribution in [0.5, 0.6) is 0 Å². The van der Waals surface area contributed by atoms with Gasteiger partial charge in [0.15, 0.2) is 0 Å². The first kappa shape index (κ1) is 10.8. The highest BCUT2D eigenvalue weighted by atomic mass is 16.3. The minimum atomic E-state index is -0.351. The number of amides is 1. The van der Waals surface area contributed by atoms with E-state index in [1.54, 1.807) is 18.5 Å². The molecule has 1 saturated carbocycles. The third kappa shape index (κ3) is 2.67. The molecule has 1 aromatic rings. The van der Waals surface area contributed by atoms with Crippen molar-refractivity contribution in [2.75, 3.05) is 6.61 Å². The first-order valence-corrected chi connectivity index (χ1v) is 5.25. The fourth-order valence-electron chi connectivity index (χ4n) is 1.42. The Balaban J connectivity index is 1.90. The number of nitrogens with one attached hydrogen (secondary N) is 1. The molecule has 0 saturated heterocycles. The van der Waals surface area contributed by atoms with Crippen LogP contribution in [0.4, 0.5) is 0 Å². The molecule has 0 radical (unpaired) electrons. The number of carbonyl (C=O) groups excluding carboxylic acids is 1. The van der Waals surface area contributed by atoms with Crippen LogP contribution >= 0.6 is 0 Å². The predicted octanol–water partition coefficient (Wildman–Crippen LogP) is 0.736. The van der Waals surface area contributed by atoms with Crippen LogP contribution in [-0.4, -0.2) is 28.1 Å². The summed E-state index contributed by atoms with van der Waals surface area (Å²) in [7, 11) is 0. The van der Waals surface area contributed by atoms with Crippen LogP contribution in [0.25, 0.3) is 6.08 Å². The van der Waals surface area contributed by atoms with Crippen molar-refractivity contribution in [1.82, 2.24) is 10.3 Å². The number of nitrogens with zero attached hydrogens (tertiary/aromatic N) is 1. The maximum absolute atomic E-state index is 11.5. The Labute approximate surface area is 94.0 Å². The highest BCUT2D eigenvalue weighted by Crippen LogP contribution is 2.34. The molecule has 1 aliphatic carbocycles. The zero-order valence-electron chi connectivity index (χ0n) is 8.89. The first-order valence-electron chi connectivity index (χ1n) is 5.25. The number of hydrogen-bond acceptors (Lipinski definition) is 3. The van der Waals surface area contributed by atoms with Crippen LogP contribution in [0.2, 0.25) is 0 Å². The lowest BCUT2D eigenvalue weighted by atomic mass is 10.2. The number of hydrogen-bond donors (Lipinski definition) is 2. The van der Waals surface area contributed by atoms with Crippen molar-refractivity contribution in [3.05, 3.63) is 36.2 Å². The van der Waals surface area contributed by atoms with Crippen LogP contribution in [0.15, 0.2) is 30.6 Å². The lowest BCUT2D eigenvalue weighted by Crippen LogP contribution is -2.38. The minimum Gasteiger partial charge on any atom is -0.394 e. The number of aliphatic hydroxyl groups excluding tert-OH is 1. The Hall–Kier alpha value is -1.68. The summed E-state index contributed by atoms with van der Waals surface area (Å²) < 4.78 is 0. The zero-order chi connectivity index (χ0) is 11.4. The van der Waals surface area contributed by atoms with E-state index in [1.807, 2.05) is 12.1 Å². The summed E-state index contributed by atoms with van der Waals surface area (Å²) in [4.78, 5) is 15.4. The molecule has 16 heavy (non-hydrogen) atoms. The van der Waals surface area contributed by atoms with E-state index in [2.05, 4.69) is 10.3 Å². The normalized spacial score (nSPS) is 17.3. The molecule has 1 amide bonds. The summed E-state index contributed by atoms with van der Waals surface area (Å²) in [6, 6.07) is 3.68. The van der Waals surface area contributed by atoms with E-state index in [0.717, 1.165) is 18.4 Å². The lowest BCUT2D eigenvalue weighted by Gasteiger charge is -2.11. The van der Waals surface area contributed by atoms with Crippen LogP contribution in [0.3, 0.4) is 0 Å². The molecule has 0 atom stereocenters. The molecular formula is C12H14N2O2. The fourth-order valence-corrected chi connectivity index (χ4v) is 1.42. The lowest BCUT2D eigenvalue weighted by molar-refractivity contribution is -0.117. The Morgan fingerprint density at radius 2 is 2.44 bits per heavy atom. The summed E-state index contributed by atoms with van der Waals surface area (Å²) >= 11 is 0. The quantitative estimate of drug-likeness (QED) is 0.732. The molecule has 0 spiro atoms. The van der Waals surface area contributed by atoms with Gasteiger partial charge in [-0.05, 0) is 30.5 Å². The molecule has 2 N–H and O–H groups in total. The van der Waals surface area contributed by atoms with Crippen molar-refractivity contribution in [3.8, 4) is 0 Å². The molecule has 1 aliphatic rings. The van der Waals surface area contributed by atoms with Crippen LogP contribution in [-0.2, 0) is 4.79 Å². The van der Waals surface area contributed by atoms with Crippen molar-refractivity contribution >= 4 is 12.0 Å². The third-order valence-electron chi connectivity index (χ3n) is 2.66. The van der Waals surface area contributed by atoms with Gasteiger partial charge in [0.05, 0.1) is 12.1 Å². The average molecular weight is 218 g/mol. The van der Waals surface area contributed by atoms with E-state index in [9.17, 15) is 4.79 Å².